The van der Waals surface area contributed by atoms with Gasteiger partial charge in [-0.05, 0) is 0 Å². The molecule has 0 saturated heterocycles. The summed E-state index contributed by atoms with van der Waals surface area (Å²) >= 11 is 0. The monoisotopic (exact) mass is 200 g/mol. The molecule has 0 fully saturated rings. The summed E-state index contributed by atoms with van der Waals surface area (Å²) in [5.74, 6) is 0. The Labute approximate surface area is 63.0 Å². The van der Waals surface area contributed by atoms with Crippen LogP contribution in [0.15, 0.2) is 0 Å². The quantitative estimate of drug-likeness (QED) is 0.303. The van der Waals surface area contributed by atoms with Crippen LogP contribution in [0.4, 0.5) is 0 Å². The van der Waals surface area contributed by atoms with E-state index in [9.17, 15) is 0 Å². The van der Waals surface area contributed by atoms with Gasteiger partial charge in [0.25, 0.3) is 0 Å². The van der Waals surface area contributed by atoms with Gasteiger partial charge in [-0.2, -0.15) is 0 Å². The molecule has 0 saturated carbocycles. The third-order valence-electron chi connectivity index (χ3n) is 0. The summed E-state index contributed by atoms with van der Waals surface area (Å²) in [5.41, 5.74) is 0. The zero-order chi connectivity index (χ0) is 4.50. The molecule has 0 aliphatic rings. The SMILES string of the molecule is B.O[Si](O)(O)O.[Zr]. The van der Waals surface area contributed by atoms with E-state index in [0.29, 0.717) is 0 Å². The second-order valence-corrected chi connectivity index (χ2v) is 1.80. The Hall–Kier alpha value is 1.00. The second kappa shape index (κ2) is 5.15. The third-order valence-corrected chi connectivity index (χ3v) is 0. The van der Waals surface area contributed by atoms with Crippen molar-refractivity contribution in [2.24, 2.45) is 0 Å². The van der Waals surface area contributed by atoms with E-state index >= 15 is 0 Å². The molecule has 0 radical (unpaired) electrons. The van der Waals surface area contributed by atoms with Crippen LogP contribution in [-0.4, -0.2) is 36.6 Å². The average molecular weight is 201 g/mol. The van der Waals surface area contributed by atoms with Crippen molar-refractivity contribution in [3.63, 3.8) is 0 Å². The molecule has 42 valence electrons. The molecule has 0 aliphatic heterocycles. The largest absolute Gasteiger partial charge is 0.668 e. The first kappa shape index (κ1) is 15.7. The van der Waals surface area contributed by atoms with E-state index in [2.05, 4.69) is 0 Å². The Bertz CT molecular complexity index is 27.2. The molecule has 0 atom stereocenters. The van der Waals surface area contributed by atoms with Gasteiger partial charge in [-0.3, -0.25) is 0 Å². The summed E-state index contributed by atoms with van der Waals surface area (Å²) in [6, 6.07) is 0. The predicted molar refractivity (Wildman–Crippen MR) is 24.6 cm³/mol. The molecular formula is H7BO4SiZr. The zero-order valence-corrected chi connectivity index (χ0v) is 6.25. The van der Waals surface area contributed by atoms with E-state index in [1.54, 1.807) is 0 Å². The summed E-state index contributed by atoms with van der Waals surface area (Å²) in [6.07, 6.45) is 0. The molecule has 0 amide bonds. The van der Waals surface area contributed by atoms with E-state index in [1.807, 2.05) is 0 Å². The van der Waals surface area contributed by atoms with Crippen LogP contribution in [0.25, 0.3) is 0 Å². The molecule has 0 spiro atoms. The maximum atomic E-state index is 7.33. The summed E-state index contributed by atoms with van der Waals surface area (Å²) < 4.78 is 0. The minimum absolute atomic E-state index is 0. The number of rotatable bonds is 0. The summed E-state index contributed by atoms with van der Waals surface area (Å²) in [7, 11) is -4.61. The van der Waals surface area contributed by atoms with Crippen LogP contribution in [0.5, 0.6) is 0 Å². The van der Waals surface area contributed by atoms with Gasteiger partial charge in [0, 0.05) is 26.2 Å². The fourth-order valence-corrected chi connectivity index (χ4v) is 0. The minimum atomic E-state index is -4.61. The van der Waals surface area contributed by atoms with Crippen LogP contribution in [0.1, 0.15) is 0 Å². The molecule has 0 rings (SSSR count). The molecule has 0 aliphatic carbocycles. The Balaban J connectivity index is -0.0000000800. The van der Waals surface area contributed by atoms with Gasteiger partial charge in [-0.25, -0.2) is 0 Å². The van der Waals surface area contributed by atoms with Crippen LogP contribution >= 0.6 is 0 Å². The summed E-state index contributed by atoms with van der Waals surface area (Å²) in [6.45, 7) is 0. The molecule has 4 N–H and O–H groups in total. The molecule has 0 bridgehead atoms. The number of hydrogen-bond acceptors (Lipinski definition) is 4. The summed E-state index contributed by atoms with van der Waals surface area (Å²) in [4.78, 5) is 29.3. The summed E-state index contributed by atoms with van der Waals surface area (Å²) in [5, 5.41) is 0. The van der Waals surface area contributed by atoms with Crippen LogP contribution < -0.4 is 0 Å². The third kappa shape index (κ3) is 174. The molecule has 4 nitrogen and oxygen atoms in total. The van der Waals surface area contributed by atoms with Crippen molar-refractivity contribution in [3.8, 4) is 0 Å². The average Bonchev–Trinajstić information content (AvgIpc) is 0.722. The van der Waals surface area contributed by atoms with Crippen molar-refractivity contribution >= 4 is 17.5 Å². The molecule has 0 unspecified atom stereocenters. The van der Waals surface area contributed by atoms with Gasteiger partial charge in [0.1, 0.15) is 0 Å². The van der Waals surface area contributed by atoms with Gasteiger partial charge < -0.3 is 19.2 Å². The Morgan fingerprint density at radius 1 is 0.857 bits per heavy atom. The van der Waals surface area contributed by atoms with Gasteiger partial charge in [-0.15, -0.1) is 0 Å². The van der Waals surface area contributed by atoms with Crippen molar-refractivity contribution in [2.75, 3.05) is 0 Å². The molecule has 0 aromatic carbocycles. The van der Waals surface area contributed by atoms with Gasteiger partial charge in [0.2, 0.25) is 0 Å². The fourth-order valence-electron chi connectivity index (χ4n) is 0. The first-order valence-corrected chi connectivity index (χ1v) is 2.68. The molecule has 0 heterocycles. The smallest absolute Gasteiger partial charge is 0.368 e. The van der Waals surface area contributed by atoms with Crippen molar-refractivity contribution < 1.29 is 45.4 Å². The molecular weight excluding hydrogens is 194 g/mol. The predicted octanol–water partition coefficient (Wildman–Crippen LogP) is -3.80. The van der Waals surface area contributed by atoms with Gasteiger partial charge in [0.05, 0.1) is 8.41 Å². The van der Waals surface area contributed by atoms with Crippen molar-refractivity contribution in [3.05, 3.63) is 0 Å². The first-order chi connectivity index (χ1) is 2.00. The molecule has 7 heavy (non-hydrogen) atoms. The normalized spacial score (nSPS) is 8.57. The Kier molecular flexibility index (Phi) is 11.5. The van der Waals surface area contributed by atoms with E-state index in [0.717, 1.165) is 0 Å². The van der Waals surface area contributed by atoms with Crippen molar-refractivity contribution in [2.45, 2.75) is 0 Å². The number of hydrogen-bond donors (Lipinski definition) is 4. The molecule has 7 heteroatoms. The fraction of sp³-hybridized carbons (Fsp3) is 0. The minimum Gasteiger partial charge on any atom is -0.368 e. The Morgan fingerprint density at radius 2 is 0.857 bits per heavy atom. The van der Waals surface area contributed by atoms with Crippen LogP contribution in [0.2, 0.25) is 0 Å². The topological polar surface area (TPSA) is 80.9 Å². The standard InChI is InChI=1S/BH3.H4O4Si.Zr/c;1-5(2,3)4;/h1H3;1-4H;. The van der Waals surface area contributed by atoms with Gasteiger partial charge in [0.15, 0.2) is 0 Å². The van der Waals surface area contributed by atoms with Crippen molar-refractivity contribution in [1.29, 1.82) is 0 Å². The van der Waals surface area contributed by atoms with Crippen LogP contribution in [0, 0.1) is 0 Å². The molecule has 0 aromatic heterocycles. The van der Waals surface area contributed by atoms with E-state index in [4.69, 9.17) is 19.2 Å². The van der Waals surface area contributed by atoms with E-state index < -0.39 is 9.05 Å². The molecule has 0 aromatic rings. The van der Waals surface area contributed by atoms with Crippen molar-refractivity contribution in [1.82, 2.24) is 0 Å². The zero-order valence-electron chi connectivity index (χ0n) is 2.79. The Morgan fingerprint density at radius 3 is 0.857 bits per heavy atom. The van der Waals surface area contributed by atoms with Gasteiger partial charge in [-0.1, -0.05) is 0 Å². The maximum Gasteiger partial charge on any atom is 0.668 e. The maximum absolute atomic E-state index is 7.33. The van der Waals surface area contributed by atoms with Gasteiger partial charge >= 0.3 is 9.05 Å². The van der Waals surface area contributed by atoms with Crippen LogP contribution in [-0.2, 0) is 26.2 Å². The van der Waals surface area contributed by atoms with E-state index in [-0.39, 0.29) is 34.6 Å². The first-order valence-electron chi connectivity index (χ1n) is 0.894. The second-order valence-electron chi connectivity index (χ2n) is 0.600. The van der Waals surface area contributed by atoms with E-state index in [1.165, 1.54) is 0 Å². The van der Waals surface area contributed by atoms with Crippen LogP contribution in [0.3, 0.4) is 0 Å².